The molecule has 1 saturated carbocycles. The van der Waals surface area contributed by atoms with Crippen LogP contribution in [0, 0.1) is 17.7 Å². The van der Waals surface area contributed by atoms with E-state index in [0.717, 1.165) is 43.5 Å². The maximum absolute atomic E-state index is 13.3. The molecular formula is C17H25FN2. The van der Waals surface area contributed by atoms with E-state index in [1.54, 1.807) is 12.1 Å². The van der Waals surface area contributed by atoms with Crippen molar-refractivity contribution >= 4 is 0 Å². The number of nitrogens with two attached hydrogens (primary N) is 1. The number of hydrogen-bond donors (Lipinski definition) is 1. The molecule has 3 rings (SSSR count). The van der Waals surface area contributed by atoms with E-state index in [1.807, 2.05) is 6.07 Å². The van der Waals surface area contributed by atoms with Gasteiger partial charge < -0.3 is 5.73 Å². The Kier molecular flexibility index (Phi) is 4.08. The Labute approximate surface area is 121 Å². The van der Waals surface area contributed by atoms with Crippen LogP contribution < -0.4 is 5.73 Å². The summed E-state index contributed by atoms with van der Waals surface area (Å²) >= 11 is 0. The molecule has 2 N–H and O–H groups in total. The first-order chi connectivity index (χ1) is 9.60. The molecule has 3 heteroatoms. The Morgan fingerprint density at radius 3 is 2.75 bits per heavy atom. The fraction of sp³-hybridized carbons (Fsp3) is 0.647. The normalized spacial score (nSPS) is 34.8. The lowest BCUT2D eigenvalue weighted by Crippen LogP contribution is -2.54. The minimum Gasteiger partial charge on any atom is -0.327 e. The molecule has 0 amide bonds. The standard InChI is InChI=1S/C17H25FN2/c1-12-5-17(6-12)20-10-14(9-16(19)11-20)7-13-3-2-4-15(18)8-13/h2-4,8,12,14,16-17H,5-7,9-11,19H2,1H3. The molecule has 0 radical (unpaired) electrons. The molecule has 0 spiro atoms. The van der Waals surface area contributed by atoms with Crippen LogP contribution in [0.2, 0.25) is 0 Å². The average molecular weight is 276 g/mol. The summed E-state index contributed by atoms with van der Waals surface area (Å²) in [5.74, 6) is 1.31. The summed E-state index contributed by atoms with van der Waals surface area (Å²) in [5.41, 5.74) is 7.34. The van der Waals surface area contributed by atoms with Gasteiger partial charge in [-0.25, -0.2) is 4.39 Å². The molecule has 2 unspecified atom stereocenters. The van der Waals surface area contributed by atoms with Gasteiger partial charge in [0, 0.05) is 25.2 Å². The number of halogens is 1. The van der Waals surface area contributed by atoms with Crippen molar-refractivity contribution in [2.45, 2.75) is 44.7 Å². The largest absolute Gasteiger partial charge is 0.327 e. The average Bonchev–Trinajstić information content (AvgIpc) is 2.34. The Bertz CT molecular complexity index is 456. The van der Waals surface area contributed by atoms with Gasteiger partial charge in [-0.05, 0) is 55.2 Å². The number of hydrogen-bond acceptors (Lipinski definition) is 2. The number of rotatable bonds is 3. The summed E-state index contributed by atoms with van der Waals surface area (Å²) < 4.78 is 13.3. The van der Waals surface area contributed by atoms with E-state index in [4.69, 9.17) is 5.73 Å². The topological polar surface area (TPSA) is 29.3 Å². The number of benzene rings is 1. The van der Waals surface area contributed by atoms with Gasteiger partial charge in [-0.3, -0.25) is 4.90 Å². The zero-order chi connectivity index (χ0) is 14.1. The van der Waals surface area contributed by atoms with Crippen LogP contribution in [-0.4, -0.2) is 30.1 Å². The minimum absolute atomic E-state index is 0.132. The van der Waals surface area contributed by atoms with Gasteiger partial charge in [0.25, 0.3) is 0 Å². The molecule has 0 bridgehead atoms. The van der Waals surface area contributed by atoms with E-state index < -0.39 is 0 Å². The van der Waals surface area contributed by atoms with Crippen molar-refractivity contribution in [1.82, 2.24) is 4.90 Å². The van der Waals surface area contributed by atoms with Crippen molar-refractivity contribution in [3.63, 3.8) is 0 Å². The first-order valence-corrected chi connectivity index (χ1v) is 7.84. The maximum atomic E-state index is 13.3. The Morgan fingerprint density at radius 1 is 1.25 bits per heavy atom. The van der Waals surface area contributed by atoms with Crippen molar-refractivity contribution in [2.24, 2.45) is 17.6 Å². The third kappa shape index (κ3) is 3.21. The van der Waals surface area contributed by atoms with Crippen molar-refractivity contribution < 1.29 is 4.39 Å². The van der Waals surface area contributed by atoms with E-state index >= 15 is 0 Å². The van der Waals surface area contributed by atoms with Crippen LogP contribution in [0.25, 0.3) is 0 Å². The van der Waals surface area contributed by atoms with E-state index in [0.29, 0.717) is 5.92 Å². The van der Waals surface area contributed by atoms with Crippen LogP contribution in [0.5, 0.6) is 0 Å². The van der Waals surface area contributed by atoms with Gasteiger partial charge in [-0.2, -0.15) is 0 Å². The molecule has 1 aromatic carbocycles. The van der Waals surface area contributed by atoms with Crippen LogP contribution in [0.3, 0.4) is 0 Å². The second-order valence-corrected chi connectivity index (χ2v) is 6.88. The quantitative estimate of drug-likeness (QED) is 0.920. The van der Waals surface area contributed by atoms with Gasteiger partial charge in [0.2, 0.25) is 0 Å². The summed E-state index contributed by atoms with van der Waals surface area (Å²) in [4.78, 5) is 2.58. The van der Waals surface area contributed by atoms with Crippen molar-refractivity contribution in [3.05, 3.63) is 35.6 Å². The first kappa shape index (κ1) is 14.0. The highest BCUT2D eigenvalue weighted by Crippen LogP contribution is 2.34. The Balaban J connectivity index is 1.61. The molecule has 2 fully saturated rings. The maximum Gasteiger partial charge on any atom is 0.123 e. The number of nitrogens with zero attached hydrogens (tertiary/aromatic N) is 1. The van der Waals surface area contributed by atoms with E-state index in [2.05, 4.69) is 11.8 Å². The summed E-state index contributed by atoms with van der Waals surface area (Å²) in [6, 6.07) is 8.02. The molecule has 0 aromatic heterocycles. The van der Waals surface area contributed by atoms with Crippen molar-refractivity contribution in [2.75, 3.05) is 13.1 Å². The molecule has 1 saturated heterocycles. The van der Waals surface area contributed by atoms with Crippen molar-refractivity contribution in [1.29, 1.82) is 0 Å². The fourth-order valence-corrected chi connectivity index (χ4v) is 3.89. The van der Waals surface area contributed by atoms with Gasteiger partial charge >= 0.3 is 0 Å². The third-order valence-corrected chi connectivity index (χ3v) is 4.88. The SMILES string of the molecule is CC1CC(N2CC(N)CC(Cc3cccc(F)c3)C2)C1. The molecule has 110 valence electrons. The Morgan fingerprint density at radius 2 is 2.05 bits per heavy atom. The lowest BCUT2D eigenvalue weighted by molar-refractivity contribution is 0.0402. The highest BCUT2D eigenvalue weighted by atomic mass is 19.1. The summed E-state index contributed by atoms with van der Waals surface area (Å²) in [5, 5.41) is 0. The molecule has 1 aromatic rings. The van der Waals surface area contributed by atoms with E-state index in [1.165, 1.54) is 18.9 Å². The molecule has 2 atom stereocenters. The lowest BCUT2D eigenvalue weighted by atomic mass is 9.78. The number of likely N-dealkylation sites (tertiary alicyclic amines) is 1. The van der Waals surface area contributed by atoms with Gasteiger partial charge in [0.05, 0.1) is 0 Å². The summed E-state index contributed by atoms with van der Waals surface area (Å²) in [7, 11) is 0. The van der Waals surface area contributed by atoms with Crippen LogP contribution in [-0.2, 0) is 6.42 Å². The third-order valence-electron chi connectivity index (χ3n) is 4.88. The van der Waals surface area contributed by atoms with E-state index in [-0.39, 0.29) is 11.9 Å². The van der Waals surface area contributed by atoms with E-state index in [9.17, 15) is 4.39 Å². The zero-order valence-electron chi connectivity index (χ0n) is 12.3. The molecule has 1 aliphatic heterocycles. The highest BCUT2D eigenvalue weighted by molar-refractivity contribution is 5.17. The van der Waals surface area contributed by atoms with Crippen LogP contribution in [0.4, 0.5) is 4.39 Å². The monoisotopic (exact) mass is 276 g/mol. The smallest absolute Gasteiger partial charge is 0.123 e. The minimum atomic E-state index is -0.132. The molecule has 1 aliphatic carbocycles. The molecule has 2 nitrogen and oxygen atoms in total. The zero-order valence-corrected chi connectivity index (χ0v) is 12.3. The van der Waals surface area contributed by atoms with Crippen LogP contribution in [0.15, 0.2) is 24.3 Å². The van der Waals surface area contributed by atoms with Gasteiger partial charge in [-0.1, -0.05) is 19.1 Å². The fourth-order valence-electron chi connectivity index (χ4n) is 3.89. The van der Waals surface area contributed by atoms with Crippen LogP contribution in [0.1, 0.15) is 31.7 Å². The second-order valence-electron chi connectivity index (χ2n) is 6.88. The molecule has 1 heterocycles. The predicted molar refractivity (Wildman–Crippen MR) is 79.9 cm³/mol. The lowest BCUT2D eigenvalue weighted by Gasteiger charge is -2.47. The number of piperidine rings is 1. The van der Waals surface area contributed by atoms with Crippen LogP contribution >= 0.6 is 0 Å². The molecular weight excluding hydrogens is 251 g/mol. The Hall–Kier alpha value is -0.930. The van der Waals surface area contributed by atoms with Gasteiger partial charge in [0.1, 0.15) is 5.82 Å². The van der Waals surface area contributed by atoms with Gasteiger partial charge in [-0.15, -0.1) is 0 Å². The predicted octanol–water partition coefficient (Wildman–Crippen LogP) is 2.82. The second kappa shape index (κ2) is 5.82. The van der Waals surface area contributed by atoms with Crippen molar-refractivity contribution in [3.8, 4) is 0 Å². The first-order valence-electron chi connectivity index (χ1n) is 7.84. The summed E-state index contributed by atoms with van der Waals surface area (Å²) in [6.07, 6.45) is 4.65. The summed E-state index contributed by atoms with van der Waals surface area (Å²) in [6.45, 7) is 4.49. The highest BCUT2D eigenvalue weighted by Gasteiger charge is 2.35. The van der Waals surface area contributed by atoms with Gasteiger partial charge in [0.15, 0.2) is 0 Å². The molecule has 20 heavy (non-hydrogen) atoms. The molecule has 2 aliphatic rings.